The second kappa shape index (κ2) is 8.75. The molecule has 138 valence electrons. The predicted molar refractivity (Wildman–Crippen MR) is 104 cm³/mol. The van der Waals surface area contributed by atoms with Crippen LogP contribution in [0.3, 0.4) is 0 Å². The minimum Gasteiger partial charge on any atom is -0.337 e. The van der Waals surface area contributed by atoms with Gasteiger partial charge in [0.05, 0.1) is 6.54 Å². The van der Waals surface area contributed by atoms with Gasteiger partial charge >= 0.3 is 0 Å². The Morgan fingerprint density at radius 3 is 2.58 bits per heavy atom. The Balaban J connectivity index is 1.52. The topological polar surface area (TPSA) is 52.7 Å². The summed E-state index contributed by atoms with van der Waals surface area (Å²) < 4.78 is 13.7. The minimum atomic E-state index is -0.336. The fraction of sp³-hybridized carbons (Fsp3) is 0.333. The number of carbonyl (C=O) groups excluding carboxylic acids is 2. The largest absolute Gasteiger partial charge is 0.337 e. The minimum absolute atomic E-state index is 0.0319. The average Bonchev–Trinajstić information content (AvgIpc) is 2.91. The highest BCUT2D eigenvalue weighted by molar-refractivity contribution is 9.10. The van der Waals surface area contributed by atoms with Crippen molar-refractivity contribution in [3.63, 3.8) is 0 Å². The van der Waals surface area contributed by atoms with Gasteiger partial charge in [0.15, 0.2) is 0 Å². The zero-order valence-electron chi connectivity index (χ0n) is 14.1. The van der Waals surface area contributed by atoms with Crippen LogP contribution in [0.15, 0.2) is 40.2 Å². The van der Waals surface area contributed by atoms with Gasteiger partial charge in [0.1, 0.15) is 10.7 Å². The van der Waals surface area contributed by atoms with E-state index in [9.17, 15) is 14.0 Å². The smallest absolute Gasteiger partial charge is 0.265 e. The van der Waals surface area contributed by atoms with Crippen LogP contribution in [-0.2, 0) is 4.79 Å². The molecule has 1 aromatic heterocycles. The van der Waals surface area contributed by atoms with Gasteiger partial charge in [-0.3, -0.25) is 14.5 Å². The molecule has 1 saturated heterocycles. The Morgan fingerprint density at radius 1 is 1.12 bits per heavy atom. The number of thiophene rings is 1. The number of nitrogens with zero attached hydrogens (tertiary/aromatic N) is 2. The maximum Gasteiger partial charge on any atom is 0.265 e. The van der Waals surface area contributed by atoms with Gasteiger partial charge in [-0.15, -0.1) is 11.3 Å². The maximum atomic E-state index is 12.9. The first-order valence-corrected chi connectivity index (χ1v) is 10.0. The fourth-order valence-electron chi connectivity index (χ4n) is 2.86. The molecule has 2 heterocycles. The number of hydrogen-bond donors (Lipinski definition) is 1. The fourth-order valence-corrected chi connectivity index (χ4v) is 4.37. The van der Waals surface area contributed by atoms with Gasteiger partial charge in [-0.05, 0) is 58.1 Å². The molecule has 2 amide bonds. The van der Waals surface area contributed by atoms with Gasteiger partial charge in [-0.2, -0.15) is 0 Å². The van der Waals surface area contributed by atoms with E-state index in [2.05, 4.69) is 21.2 Å². The molecule has 2 aromatic rings. The van der Waals surface area contributed by atoms with Crippen LogP contribution in [0.25, 0.3) is 0 Å². The van der Waals surface area contributed by atoms with Crippen LogP contribution in [0.2, 0.25) is 0 Å². The third-order valence-corrected chi connectivity index (χ3v) is 6.01. The van der Waals surface area contributed by atoms with Gasteiger partial charge in [-0.25, -0.2) is 4.39 Å². The molecule has 3 rings (SSSR count). The van der Waals surface area contributed by atoms with Crippen molar-refractivity contribution < 1.29 is 14.0 Å². The van der Waals surface area contributed by atoms with Crippen molar-refractivity contribution in [3.05, 3.63) is 50.9 Å². The standard InChI is InChI=1S/C18H19BrFN3O2S/c19-15-6-11-26-17(15)18(25)23-8-1-7-22(9-10-23)12-16(24)21-14-4-2-13(20)3-5-14/h2-6,11H,1,7-10,12H2,(H,21,24). The van der Waals surface area contributed by atoms with Crippen molar-refractivity contribution in [2.75, 3.05) is 38.0 Å². The Labute approximate surface area is 163 Å². The zero-order chi connectivity index (χ0) is 18.5. The monoisotopic (exact) mass is 439 g/mol. The van der Waals surface area contributed by atoms with Crippen LogP contribution in [-0.4, -0.2) is 54.3 Å². The van der Waals surface area contributed by atoms with E-state index in [4.69, 9.17) is 0 Å². The third kappa shape index (κ3) is 4.90. The maximum absolute atomic E-state index is 12.9. The molecular formula is C18H19BrFN3O2S. The van der Waals surface area contributed by atoms with Crippen molar-refractivity contribution in [2.45, 2.75) is 6.42 Å². The highest BCUT2D eigenvalue weighted by atomic mass is 79.9. The predicted octanol–water partition coefficient (Wildman–Crippen LogP) is 3.44. The zero-order valence-corrected chi connectivity index (χ0v) is 16.5. The van der Waals surface area contributed by atoms with Crippen LogP contribution in [0, 0.1) is 5.82 Å². The second-order valence-corrected chi connectivity index (χ2v) is 7.85. The first-order chi connectivity index (χ1) is 12.5. The molecule has 0 aliphatic carbocycles. The van der Waals surface area contributed by atoms with E-state index in [1.165, 1.54) is 35.6 Å². The van der Waals surface area contributed by atoms with Crippen LogP contribution < -0.4 is 5.32 Å². The number of nitrogens with one attached hydrogen (secondary N) is 1. The SMILES string of the molecule is O=C(CN1CCCN(C(=O)c2sccc2Br)CC1)Nc1ccc(F)cc1. The molecule has 1 N–H and O–H groups in total. The van der Waals surface area contributed by atoms with Crippen molar-refractivity contribution in [3.8, 4) is 0 Å². The number of halogens is 2. The van der Waals surface area contributed by atoms with E-state index in [1.807, 2.05) is 21.2 Å². The Bertz CT molecular complexity index is 781. The molecular weight excluding hydrogens is 421 g/mol. The van der Waals surface area contributed by atoms with Gasteiger partial charge in [-0.1, -0.05) is 0 Å². The molecule has 0 atom stereocenters. The molecule has 0 saturated carbocycles. The first-order valence-electron chi connectivity index (χ1n) is 8.33. The molecule has 5 nitrogen and oxygen atoms in total. The lowest BCUT2D eigenvalue weighted by atomic mass is 10.3. The molecule has 8 heteroatoms. The van der Waals surface area contributed by atoms with Crippen molar-refractivity contribution >= 4 is 44.8 Å². The first kappa shape index (κ1) is 19.0. The van der Waals surface area contributed by atoms with Crippen LogP contribution in [0.5, 0.6) is 0 Å². The highest BCUT2D eigenvalue weighted by Crippen LogP contribution is 2.24. The second-order valence-electron chi connectivity index (χ2n) is 6.07. The lowest BCUT2D eigenvalue weighted by molar-refractivity contribution is -0.117. The molecule has 1 aliphatic rings. The van der Waals surface area contributed by atoms with E-state index in [1.54, 1.807) is 0 Å². The Morgan fingerprint density at radius 2 is 1.88 bits per heavy atom. The molecule has 1 aliphatic heterocycles. The number of hydrogen-bond acceptors (Lipinski definition) is 4. The van der Waals surface area contributed by atoms with Crippen LogP contribution in [0.4, 0.5) is 10.1 Å². The normalized spacial score (nSPS) is 15.5. The Hall–Kier alpha value is -1.77. The molecule has 0 radical (unpaired) electrons. The number of rotatable bonds is 4. The summed E-state index contributed by atoms with van der Waals surface area (Å²) in [4.78, 5) is 29.4. The number of benzene rings is 1. The van der Waals surface area contributed by atoms with Crippen molar-refractivity contribution in [2.24, 2.45) is 0 Å². The number of carbonyl (C=O) groups is 2. The van der Waals surface area contributed by atoms with Gasteiger partial charge in [0, 0.05) is 36.3 Å². The Kier molecular flexibility index (Phi) is 6.39. The molecule has 0 bridgehead atoms. The summed E-state index contributed by atoms with van der Waals surface area (Å²) in [5, 5.41) is 4.66. The molecule has 0 spiro atoms. The average molecular weight is 440 g/mol. The summed E-state index contributed by atoms with van der Waals surface area (Å²) in [5.74, 6) is -0.445. The van der Waals surface area contributed by atoms with E-state index < -0.39 is 0 Å². The quantitative estimate of drug-likeness (QED) is 0.793. The number of anilines is 1. The summed E-state index contributed by atoms with van der Waals surface area (Å²) in [6.45, 7) is 2.92. The lowest BCUT2D eigenvalue weighted by Crippen LogP contribution is -2.37. The van der Waals surface area contributed by atoms with E-state index in [0.717, 1.165) is 17.4 Å². The van der Waals surface area contributed by atoms with E-state index in [-0.39, 0.29) is 24.2 Å². The molecule has 1 aromatic carbocycles. The van der Waals surface area contributed by atoms with Crippen molar-refractivity contribution in [1.29, 1.82) is 0 Å². The molecule has 26 heavy (non-hydrogen) atoms. The van der Waals surface area contributed by atoms with Gasteiger partial charge in [0.25, 0.3) is 5.91 Å². The van der Waals surface area contributed by atoms with Crippen molar-refractivity contribution in [1.82, 2.24) is 9.80 Å². The third-order valence-electron chi connectivity index (χ3n) is 4.18. The number of amides is 2. The summed E-state index contributed by atoms with van der Waals surface area (Å²) in [6, 6.07) is 7.58. The van der Waals surface area contributed by atoms with Crippen LogP contribution >= 0.6 is 27.3 Å². The van der Waals surface area contributed by atoms with Gasteiger partial charge in [0.2, 0.25) is 5.91 Å². The van der Waals surface area contributed by atoms with Crippen LogP contribution in [0.1, 0.15) is 16.1 Å². The summed E-state index contributed by atoms with van der Waals surface area (Å²) >= 11 is 4.84. The molecule has 0 unspecified atom stereocenters. The molecule has 1 fully saturated rings. The van der Waals surface area contributed by atoms with E-state index in [0.29, 0.717) is 30.2 Å². The summed E-state index contributed by atoms with van der Waals surface area (Å²) in [7, 11) is 0. The highest BCUT2D eigenvalue weighted by Gasteiger charge is 2.23. The summed E-state index contributed by atoms with van der Waals surface area (Å²) in [5.41, 5.74) is 0.575. The lowest BCUT2D eigenvalue weighted by Gasteiger charge is -2.21. The summed E-state index contributed by atoms with van der Waals surface area (Å²) in [6.07, 6.45) is 0.818. The van der Waals surface area contributed by atoms with Gasteiger partial charge < -0.3 is 10.2 Å². The van der Waals surface area contributed by atoms with E-state index >= 15 is 0 Å².